The maximum Gasteiger partial charge on any atom is 0.293 e. The zero-order valence-corrected chi connectivity index (χ0v) is 22.5. The average Bonchev–Trinajstić information content (AvgIpc) is 3.72. The molecule has 2 saturated heterocycles. The topological polar surface area (TPSA) is 152 Å². The van der Waals surface area contributed by atoms with Crippen molar-refractivity contribution in [1.29, 1.82) is 0 Å². The Balaban J connectivity index is 1.30. The number of aromatic nitrogens is 3. The van der Waals surface area contributed by atoms with Gasteiger partial charge in [-0.15, -0.1) is 0 Å². The molecule has 2 aliphatic heterocycles. The number of hydrogen-bond donors (Lipinski definition) is 1. The Bertz CT molecular complexity index is 1530. The first kappa shape index (κ1) is 27.3. The number of benzene rings is 1. The number of likely N-dealkylation sites (tertiary alicyclic amines) is 1. The third-order valence-corrected chi connectivity index (χ3v) is 8.94. The molecule has 1 aromatic carbocycles. The summed E-state index contributed by atoms with van der Waals surface area (Å²) in [5, 5.41) is 1.64. The van der Waals surface area contributed by atoms with E-state index in [4.69, 9.17) is 0 Å². The van der Waals surface area contributed by atoms with E-state index in [1.807, 2.05) is 6.92 Å². The van der Waals surface area contributed by atoms with Crippen LogP contribution >= 0.6 is 0 Å². The van der Waals surface area contributed by atoms with Gasteiger partial charge in [0.2, 0.25) is 5.91 Å². The molecule has 40 heavy (non-hydrogen) atoms. The van der Waals surface area contributed by atoms with Gasteiger partial charge in [0.15, 0.2) is 5.78 Å². The van der Waals surface area contributed by atoms with Gasteiger partial charge in [0.1, 0.15) is 12.1 Å². The molecule has 13 heteroatoms. The van der Waals surface area contributed by atoms with Crippen molar-refractivity contribution >= 4 is 32.7 Å². The number of pyridine rings is 1. The first-order valence-electron chi connectivity index (χ1n) is 12.9. The predicted octanol–water partition coefficient (Wildman–Crippen LogP) is 1.19. The maximum absolute atomic E-state index is 13.6. The molecule has 2 amide bonds. The van der Waals surface area contributed by atoms with Crippen molar-refractivity contribution in [2.45, 2.75) is 44.3 Å². The first-order valence-corrected chi connectivity index (χ1v) is 14.3. The van der Waals surface area contributed by atoms with Gasteiger partial charge in [0, 0.05) is 42.6 Å². The highest BCUT2D eigenvalue weighted by Crippen LogP contribution is 2.33. The molecule has 1 N–H and O–H groups in total. The number of nitrogens with one attached hydrogen (secondary N) is 1. The van der Waals surface area contributed by atoms with Crippen molar-refractivity contribution in [3.8, 4) is 5.69 Å². The van der Waals surface area contributed by atoms with E-state index in [9.17, 15) is 27.6 Å². The van der Waals surface area contributed by atoms with Crippen molar-refractivity contribution in [3.63, 3.8) is 0 Å². The normalized spacial score (nSPS) is 19.8. The van der Waals surface area contributed by atoms with E-state index >= 15 is 0 Å². The number of carbonyl (C=O) groups is 4. The monoisotopic (exact) mass is 564 g/mol. The molecule has 3 atom stereocenters. The van der Waals surface area contributed by atoms with Gasteiger partial charge in [-0.3, -0.25) is 24.2 Å². The molecule has 3 unspecified atom stereocenters. The summed E-state index contributed by atoms with van der Waals surface area (Å²) in [6.45, 7) is 1.50. The Labute approximate surface area is 231 Å². The number of nitrogens with zero attached hydrogens (tertiary/aromatic N) is 5. The largest absolute Gasteiger partial charge is 0.340 e. The third kappa shape index (κ3) is 5.05. The standard InChI is InChI=1S/C27H28N6O6S/c1-2-4-21(30-25(35)18-6-8-20(9-7-18)31-14-12-29-17-31)26(36)32-13-10-22-24(32)23(34)16-33(22)40(38,39)27(37)19-5-3-11-28-15-19/h3,5-9,11-12,14-15,17,21-22,24H,2,4,10,13,16H2,1H3,(H,30,35). The van der Waals surface area contributed by atoms with Crippen LogP contribution in [0.5, 0.6) is 0 Å². The Morgan fingerprint density at radius 2 is 1.85 bits per heavy atom. The van der Waals surface area contributed by atoms with E-state index in [1.165, 1.54) is 23.2 Å². The minimum absolute atomic E-state index is 0.104. The molecular weight excluding hydrogens is 536 g/mol. The predicted molar refractivity (Wildman–Crippen MR) is 143 cm³/mol. The number of fused-ring (bicyclic) bond motifs is 1. The average molecular weight is 565 g/mol. The summed E-state index contributed by atoms with van der Waals surface area (Å²) in [5.41, 5.74) is 1.08. The Hall–Kier alpha value is -4.23. The lowest BCUT2D eigenvalue weighted by atomic mass is 10.1. The van der Waals surface area contributed by atoms with Crippen LogP contribution in [0.25, 0.3) is 5.69 Å². The molecule has 0 bridgehead atoms. The molecule has 208 valence electrons. The second-order valence-corrected chi connectivity index (χ2v) is 11.5. The number of sulfonamides is 1. The molecule has 0 aliphatic carbocycles. The Morgan fingerprint density at radius 1 is 1.07 bits per heavy atom. The highest BCUT2D eigenvalue weighted by molar-refractivity contribution is 8.04. The van der Waals surface area contributed by atoms with Crippen molar-refractivity contribution in [3.05, 3.63) is 78.6 Å². The summed E-state index contributed by atoms with van der Waals surface area (Å²) in [5.74, 6) is -1.36. The van der Waals surface area contributed by atoms with Gasteiger partial charge in [-0.2, -0.15) is 4.31 Å². The van der Waals surface area contributed by atoms with Crippen LogP contribution in [-0.4, -0.2) is 86.1 Å². The SMILES string of the molecule is CCCC(NC(=O)c1ccc(-n2ccnc2)cc1)C(=O)N1CCC2C1C(=O)CN2S(=O)(=O)C(=O)c1cccnc1. The molecule has 3 aromatic rings. The van der Waals surface area contributed by atoms with Crippen LogP contribution < -0.4 is 5.32 Å². The van der Waals surface area contributed by atoms with E-state index in [-0.39, 0.29) is 18.5 Å². The number of ketones is 1. The van der Waals surface area contributed by atoms with Gasteiger partial charge in [-0.05, 0) is 49.2 Å². The lowest BCUT2D eigenvalue weighted by molar-refractivity contribution is -0.138. The summed E-state index contributed by atoms with van der Waals surface area (Å²) < 4.78 is 29.0. The molecular formula is C27H28N6O6S. The molecule has 0 spiro atoms. The number of Topliss-reactive ketones (excluding diaryl/α,β-unsaturated/α-hetero) is 1. The summed E-state index contributed by atoms with van der Waals surface area (Å²) in [7, 11) is -4.51. The van der Waals surface area contributed by atoms with Crippen LogP contribution in [0.15, 0.2) is 67.5 Å². The number of carbonyl (C=O) groups excluding carboxylic acids is 4. The van der Waals surface area contributed by atoms with Crippen LogP contribution in [-0.2, 0) is 19.6 Å². The zero-order chi connectivity index (χ0) is 28.4. The van der Waals surface area contributed by atoms with E-state index < -0.39 is 57.4 Å². The molecule has 2 aliphatic rings. The summed E-state index contributed by atoms with van der Waals surface area (Å²) in [6, 6.07) is 6.84. The van der Waals surface area contributed by atoms with E-state index in [0.717, 1.165) is 16.2 Å². The van der Waals surface area contributed by atoms with Gasteiger partial charge in [-0.25, -0.2) is 13.4 Å². The minimum Gasteiger partial charge on any atom is -0.340 e. The number of imidazole rings is 1. The van der Waals surface area contributed by atoms with Gasteiger partial charge in [0.05, 0.1) is 24.5 Å². The van der Waals surface area contributed by atoms with Crippen LogP contribution in [0.2, 0.25) is 0 Å². The summed E-state index contributed by atoms with van der Waals surface area (Å²) in [4.78, 5) is 61.6. The maximum atomic E-state index is 13.6. The fourth-order valence-electron chi connectivity index (χ4n) is 5.26. The second-order valence-electron chi connectivity index (χ2n) is 9.71. The van der Waals surface area contributed by atoms with Crippen LogP contribution in [0, 0.1) is 0 Å². The Kier molecular flexibility index (Phi) is 7.59. The van der Waals surface area contributed by atoms with Crippen molar-refractivity contribution < 1.29 is 27.6 Å². The van der Waals surface area contributed by atoms with Crippen LogP contribution in [0.4, 0.5) is 0 Å². The van der Waals surface area contributed by atoms with Crippen molar-refractivity contribution in [1.82, 2.24) is 29.1 Å². The van der Waals surface area contributed by atoms with E-state index in [0.29, 0.717) is 18.4 Å². The number of hydrogen-bond acceptors (Lipinski definition) is 8. The van der Waals surface area contributed by atoms with Crippen molar-refractivity contribution in [2.75, 3.05) is 13.1 Å². The molecule has 2 fully saturated rings. The molecule has 2 aromatic heterocycles. The summed E-state index contributed by atoms with van der Waals surface area (Å²) >= 11 is 0. The number of amides is 2. The van der Waals surface area contributed by atoms with Gasteiger partial charge >= 0.3 is 0 Å². The fourth-order valence-corrected chi connectivity index (χ4v) is 6.77. The lowest BCUT2D eigenvalue weighted by Crippen LogP contribution is -2.52. The van der Waals surface area contributed by atoms with Gasteiger partial charge in [0.25, 0.3) is 21.0 Å². The highest BCUT2D eigenvalue weighted by atomic mass is 32.2. The molecule has 0 radical (unpaired) electrons. The molecule has 4 heterocycles. The van der Waals surface area contributed by atoms with Crippen LogP contribution in [0.1, 0.15) is 46.9 Å². The first-order chi connectivity index (χ1) is 19.2. The second kappa shape index (κ2) is 11.1. The van der Waals surface area contributed by atoms with Crippen LogP contribution in [0.3, 0.4) is 0 Å². The third-order valence-electron chi connectivity index (χ3n) is 7.21. The fraction of sp³-hybridized carbons (Fsp3) is 0.333. The number of rotatable bonds is 8. The quantitative estimate of drug-likeness (QED) is 0.428. The zero-order valence-electron chi connectivity index (χ0n) is 21.7. The smallest absolute Gasteiger partial charge is 0.293 e. The van der Waals surface area contributed by atoms with Gasteiger partial charge < -0.3 is 14.8 Å². The van der Waals surface area contributed by atoms with Gasteiger partial charge in [-0.1, -0.05) is 13.3 Å². The van der Waals surface area contributed by atoms with E-state index in [2.05, 4.69) is 15.3 Å². The Morgan fingerprint density at radius 3 is 2.50 bits per heavy atom. The molecule has 0 saturated carbocycles. The molecule has 12 nitrogen and oxygen atoms in total. The van der Waals surface area contributed by atoms with Crippen molar-refractivity contribution in [2.24, 2.45) is 0 Å². The van der Waals surface area contributed by atoms with E-state index in [1.54, 1.807) is 47.6 Å². The minimum atomic E-state index is -4.51. The lowest BCUT2D eigenvalue weighted by Gasteiger charge is -2.28. The summed E-state index contributed by atoms with van der Waals surface area (Å²) in [6.07, 6.45) is 8.76. The molecule has 5 rings (SSSR count). The highest BCUT2D eigenvalue weighted by Gasteiger charge is 2.55.